The van der Waals surface area contributed by atoms with E-state index in [0.717, 1.165) is 11.8 Å². The molecular weight excluding hydrogens is 154 g/mol. The van der Waals surface area contributed by atoms with Crippen molar-refractivity contribution >= 4 is 33.4 Å². The molecule has 9 heavy (non-hydrogen) atoms. The lowest BCUT2D eigenvalue weighted by Crippen LogP contribution is -2.09. The van der Waals surface area contributed by atoms with Gasteiger partial charge >= 0.3 is 0 Å². The number of thiocarbonyl (C=S) groups is 1. The second-order valence-corrected chi connectivity index (χ2v) is 3.15. The van der Waals surface area contributed by atoms with E-state index in [4.69, 9.17) is 12.2 Å². The summed E-state index contributed by atoms with van der Waals surface area (Å²) in [6.45, 7) is 1.80. The van der Waals surface area contributed by atoms with Crippen molar-refractivity contribution < 1.29 is 4.79 Å². The quantitative estimate of drug-likeness (QED) is 0.422. The van der Waals surface area contributed by atoms with Gasteiger partial charge in [-0.15, -0.1) is 0 Å². The number of nitrogens with one attached hydrogen (secondary N) is 1. The van der Waals surface area contributed by atoms with Gasteiger partial charge in [-0.3, -0.25) is 4.79 Å². The normalized spacial score (nSPS) is 23.0. The van der Waals surface area contributed by atoms with Crippen molar-refractivity contribution in [3.8, 4) is 0 Å². The Labute approximate surface area is 62.7 Å². The first-order chi connectivity index (χ1) is 4.24. The number of carbonyl (C=O) groups excluding carboxylic acids is 1. The zero-order valence-electron chi connectivity index (χ0n) is 4.80. The number of rotatable bonds is 0. The molecule has 1 fully saturated rings. The smallest absolute Gasteiger partial charge is 0.242 e. The van der Waals surface area contributed by atoms with Gasteiger partial charge in [-0.25, -0.2) is 0 Å². The Kier molecular flexibility index (Phi) is 1.87. The van der Waals surface area contributed by atoms with E-state index in [1.807, 2.05) is 0 Å². The summed E-state index contributed by atoms with van der Waals surface area (Å²) in [4.78, 5) is 10.8. The Balaban J connectivity index is 2.81. The molecule has 0 atom stereocenters. The van der Waals surface area contributed by atoms with Crippen LogP contribution < -0.4 is 5.32 Å². The van der Waals surface area contributed by atoms with Crippen molar-refractivity contribution in [3.63, 3.8) is 0 Å². The van der Waals surface area contributed by atoms with E-state index in [-0.39, 0.29) is 5.12 Å². The lowest BCUT2D eigenvalue weighted by Gasteiger charge is -1.88. The summed E-state index contributed by atoms with van der Waals surface area (Å²) in [7, 11) is 0. The second-order valence-electron chi connectivity index (χ2n) is 1.50. The molecule has 0 saturated carbocycles. The van der Waals surface area contributed by atoms with Gasteiger partial charge in [-0.2, -0.15) is 0 Å². The fraction of sp³-hybridized carbons (Fsp3) is 0.200. The summed E-state index contributed by atoms with van der Waals surface area (Å²) in [6.07, 6.45) is 1.72. The van der Waals surface area contributed by atoms with Crippen LogP contribution >= 0.6 is 24.0 Å². The molecule has 1 heterocycles. The molecule has 2 nitrogen and oxygen atoms in total. The maximum atomic E-state index is 10.8. The highest BCUT2D eigenvalue weighted by atomic mass is 32.2. The fourth-order valence-electron chi connectivity index (χ4n) is 0.516. The van der Waals surface area contributed by atoms with Gasteiger partial charge in [-0.1, -0.05) is 18.3 Å². The molecule has 1 aliphatic rings. The molecule has 0 aromatic rings. The molecule has 0 aromatic carbocycles. The van der Waals surface area contributed by atoms with E-state index in [9.17, 15) is 4.79 Å². The summed E-state index contributed by atoms with van der Waals surface area (Å²) < 4.78 is 0.549. The van der Waals surface area contributed by atoms with Gasteiger partial charge in [0.15, 0.2) is 0 Å². The summed E-state index contributed by atoms with van der Waals surface area (Å²) in [5.74, 6) is 0. The van der Waals surface area contributed by atoms with E-state index in [1.165, 1.54) is 0 Å². The van der Waals surface area contributed by atoms with Gasteiger partial charge in [0.1, 0.15) is 4.32 Å². The first-order valence-corrected chi connectivity index (χ1v) is 3.66. The van der Waals surface area contributed by atoms with Gasteiger partial charge in [-0.05, 0) is 18.7 Å². The minimum Gasteiger partial charge on any atom is -0.337 e. The SMILES string of the molecule is C/C=C1\NC(=S)SC1=O. The highest BCUT2D eigenvalue weighted by Crippen LogP contribution is 2.17. The van der Waals surface area contributed by atoms with Crippen molar-refractivity contribution in [2.45, 2.75) is 6.92 Å². The zero-order chi connectivity index (χ0) is 6.85. The van der Waals surface area contributed by atoms with Crippen LogP contribution in [-0.2, 0) is 4.79 Å². The molecule has 48 valence electrons. The molecule has 0 amide bonds. The predicted molar refractivity (Wildman–Crippen MR) is 42.1 cm³/mol. The molecule has 1 N–H and O–H groups in total. The minimum absolute atomic E-state index is 0.0162. The zero-order valence-corrected chi connectivity index (χ0v) is 6.44. The highest BCUT2D eigenvalue weighted by Gasteiger charge is 2.20. The van der Waals surface area contributed by atoms with Crippen molar-refractivity contribution in [1.82, 2.24) is 5.32 Å². The fourth-order valence-corrected chi connectivity index (χ4v) is 1.46. The Morgan fingerprint density at radius 2 is 2.44 bits per heavy atom. The van der Waals surface area contributed by atoms with Gasteiger partial charge in [0.25, 0.3) is 0 Å². The molecule has 0 radical (unpaired) electrons. The van der Waals surface area contributed by atoms with Crippen molar-refractivity contribution in [2.75, 3.05) is 0 Å². The second kappa shape index (κ2) is 2.49. The molecule has 1 aliphatic heterocycles. The third-order valence-electron chi connectivity index (χ3n) is 0.931. The van der Waals surface area contributed by atoms with Crippen LogP contribution in [-0.4, -0.2) is 9.44 Å². The molecule has 0 aromatic heterocycles. The van der Waals surface area contributed by atoms with E-state index >= 15 is 0 Å². The third-order valence-corrected chi connectivity index (χ3v) is 1.98. The summed E-state index contributed by atoms with van der Waals surface area (Å²) >= 11 is 5.80. The van der Waals surface area contributed by atoms with E-state index in [0.29, 0.717) is 10.0 Å². The van der Waals surface area contributed by atoms with Gasteiger partial charge in [0.2, 0.25) is 5.12 Å². The van der Waals surface area contributed by atoms with Crippen LogP contribution in [0.2, 0.25) is 0 Å². The average molecular weight is 159 g/mol. The third kappa shape index (κ3) is 1.31. The lowest BCUT2D eigenvalue weighted by atomic mass is 10.4. The van der Waals surface area contributed by atoms with Crippen LogP contribution in [0.4, 0.5) is 0 Å². The number of thioether (sulfide) groups is 1. The Hall–Kier alpha value is -0.350. The molecule has 0 spiro atoms. The number of allylic oxidation sites excluding steroid dienone is 1. The molecule has 1 rings (SSSR count). The molecular formula is C5H5NOS2. The lowest BCUT2D eigenvalue weighted by molar-refractivity contribution is -0.107. The Bertz CT molecular complexity index is 197. The highest BCUT2D eigenvalue weighted by molar-refractivity contribution is 8.33. The maximum Gasteiger partial charge on any atom is 0.242 e. The van der Waals surface area contributed by atoms with E-state index in [1.54, 1.807) is 13.0 Å². The Morgan fingerprint density at radius 1 is 1.78 bits per heavy atom. The molecule has 0 bridgehead atoms. The van der Waals surface area contributed by atoms with Gasteiger partial charge < -0.3 is 5.32 Å². The van der Waals surface area contributed by atoms with E-state index < -0.39 is 0 Å². The van der Waals surface area contributed by atoms with Crippen LogP contribution in [0.25, 0.3) is 0 Å². The van der Waals surface area contributed by atoms with Crippen LogP contribution in [0.15, 0.2) is 11.8 Å². The van der Waals surface area contributed by atoms with E-state index in [2.05, 4.69) is 5.32 Å². The standard InChI is InChI=1S/C5H5NOS2/c1-2-3-4(7)9-5(8)6-3/h2H,1H3,(H,6,8)/b3-2-. The van der Waals surface area contributed by atoms with Crippen LogP contribution in [0.3, 0.4) is 0 Å². The van der Waals surface area contributed by atoms with Crippen molar-refractivity contribution in [1.29, 1.82) is 0 Å². The summed E-state index contributed by atoms with van der Waals surface area (Å²) in [5, 5.41) is 2.78. The maximum absolute atomic E-state index is 10.8. The van der Waals surface area contributed by atoms with Crippen molar-refractivity contribution in [3.05, 3.63) is 11.8 Å². The number of carbonyl (C=O) groups is 1. The summed E-state index contributed by atoms with van der Waals surface area (Å²) in [6, 6.07) is 0. The first-order valence-electron chi connectivity index (χ1n) is 2.43. The first kappa shape index (κ1) is 6.77. The van der Waals surface area contributed by atoms with Gasteiger partial charge in [0.05, 0.1) is 5.70 Å². The van der Waals surface area contributed by atoms with Crippen LogP contribution in [0, 0.1) is 0 Å². The minimum atomic E-state index is 0.0162. The molecule has 0 aliphatic carbocycles. The largest absolute Gasteiger partial charge is 0.337 e. The predicted octanol–water partition coefficient (Wildman–Crippen LogP) is 1.04. The molecule has 4 heteroatoms. The van der Waals surface area contributed by atoms with Crippen LogP contribution in [0.5, 0.6) is 0 Å². The van der Waals surface area contributed by atoms with Crippen molar-refractivity contribution in [2.24, 2.45) is 0 Å². The Morgan fingerprint density at radius 3 is 2.67 bits per heavy atom. The number of hydrogen-bond donors (Lipinski definition) is 1. The average Bonchev–Trinajstić information content (AvgIpc) is 2.10. The molecule has 0 unspecified atom stereocenters. The van der Waals surface area contributed by atoms with Crippen LogP contribution in [0.1, 0.15) is 6.92 Å². The number of hydrogen-bond acceptors (Lipinski definition) is 3. The monoisotopic (exact) mass is 159 g/mol. The molecule has 1 saturated heterocycles. The summed E-state index contributed by atoms with van der Waals surface area (Å²) in [5.41, 5.74) is 0.602. The van der Waals surface area contributed by atoms with Gasteiger partial charge in [0, 0.05) is 0 Å². The topological polar surface area (TPSA) is 29.1 Å².